The normalized spacial score (nSPS) is 11.3. The first-order valence-electron chi connectivity index (χ1n) is 8.33. The summed E-state index contributed by atoms with van der Waals surface area (Å²) in [5.74, 6) is -0.454. The molecule has 0 fully saturated rings. The molecule has 0 aliphatic heterocycles. The van der Waals surface area contributed by atoms with Gasteiger partial charge >= 0.3 is 5.97 Å². The molecule has 0 aromatic heterocycles. The average Bonchev–Trinajstić information content (AvgIpc) is 2.58. The second-order valence-corrected chi connectivity index (χ2v) is 8.04. The Morgan fingerprint density at radius 3 is 2.11 bits per heavy atom. The standard InChI is InChI=1S/C21H22Cl2O4/c1-11-14(18(24)13-8-7-12(22)9-16(13)23)10-15(21(2,3)4)19(26-5)17(11)20(25)27-6/h7-10H,1-6H3. The van der Waals surface area contributed by atoms with Gasteiger partial charge < -0.3 is 9.47 Å². The Balaban J connectivity index is 2.83. The molecule has 27 heavy (non-hydrogen) atoms. The van der Waals surface area contributed by atoms with Crippen LogP contribution in [0.3, 0.4) is 0 Å². The minimum atomic E-state index is -0.563. The van der Waals surface area contributed by atoms with Gasteiger partial charge in [0, 0.05) is 21.7 Å². The maximum Gasteiger partial charge on any atom is 0.341 e. The minimum Gasteiger partial charge on any atom is -0.496 e. The van der Waals surface area contributed by atoms with Crippen LogP contribution in [0.25, 0.3) is 0 Å². The maximum atomic E-state index is 13.2. The lowest BCUT2D eigenvalue weighted by Crippen LogP contribution is -2.20. The topological polar surface area (TPSA) is 52.6 Å². The molecule has 0 amide bonds. The van der Waals surface area contributed by atoms with Crippen LogP contribution in [-0.4, -0.2) is 26.0 Å². The van der Waals surface area contributed by atoms with Crippen molar-refractivity contribution in [3.63, 3.8) is 0 Å². The number of ketones is 1. The van der Waals surface area contributed by atoms with E-state index >= 15 is 0 Å². The summed E-state index contributed by atoms with van der Waals surface area (Å²) >= 11 is 12.2. The van der Waals surface area contributed by atoms with E-state index in [1.807, 2.05) is 20.8 Å². The van der Waals surface area contributed by atoms with E-state index in [1.54, 1.807) is 25.1 Å². The number of carbonyl (C=O) groups is 2. The zero-order valence-electron chi connectivity index (χ0n) is 16.2. The van der Waals surface area contributed by atoms with Crippen molar-refractivity contribution in [2.75, 3.05) is 14.2 Å². The third-order valence-electron chi connectivity index (χ3n) is 4.36. The molecule has 0 unspecified atom stereocenters. The number of carbonyl (C=O) groups excluding carboxylic acids is 2. The van der Waals surface area contributed by atoms with Gasteiger partial charge in [0.05, 0.1) is 19.2 Å². The van der Waals surface area contributed by atoms with Gasteiger partial charge in [-0.05, 0) is 42.2 Å². The van der Waals surface area contributed by atoms with E-state index < -0.39 is 5.97 Å². The first-order chi connectivity index (χ1) is 12.5. The van der Waals surface area contributed by atoms with Gasteiger partial charge in [-0.15, -0.1) is 0 Å². The van der Waals surface area contributed by atoms with E-state index in [0.717, 1.165) is 5.56 Å². The highest BCUT2D eigenvalue weighted by Crippen LogP contribution is 2.39. The Labute approximate surface area is 169 Å². The van der Waals surface area contributed by atoms with Gasteiger partial charge in [-0.1, -0.05) is 44.0 Å². The summed E-state index contributed by atoms with van der Waals surface area (Å²) in [6.07, 6.45) is 0. The van der Waals surface area contributed by atoms with Crippen molar-refractivity contribution < 1.29 is 19.1 Å². The highest BCUT2D eigenvalue weighted by atomic mass is 35.5. The van der Waals surface area contributed by atoms with Crippen molar-refractivity contribution in [1.82, 2.24) is 0 Å². The van der Waals surface area contributed by atoms with E-state index in [1.165, 1.54) is 20.3 Å². The summed E-state index contributed by atoms with van der Waals surface area (Å²) in [4.78, 5) is 25.7. The Morgan fingerprint density at radius 1 is 1.00 bits per heavy atom. The highest BCUT2D eigenvalue weighted by Gasteiger charge is 2.30. The van der Waals surface area contributed by atoms with Crippen molar-refractivity contribution in [2.45, 2.75) is 33.1 Å². The number of halogens is 2. The molecule has 0 bridgehead atoms. The molecule has 0 saturated heterocycles. The molecular formula is C21H22Cl2O4. The fraction of sp³-hybridized carbons (Fsp3) is 0.333. The third kappa shape index (κ3) is 4.12. The maximum absolute atomic E-state index is 13.2. The quantitative estimate of drug-likeness (QED) is 0.486. The van der Waals surface area contributed by atoms with Crippen molar-refractivity contribution in [1.29, 1.82) is 0 Å². The molecule has 0 aliphatic rings. The van der Waals surface area contributed by atoms with Crippen molar-refractivity contribution in [3.05, 3.63) is 62.1 Å². The van der Waals surface area contributed by atoms with Gasteiger partial charge in [0.1, 0.15) is 11.3 Å². The van der Waals surface area contributed by atoms with E-state index in [9.17, 15) is 9.59 Å². The van der Waals surface area contributed by atoms with Gasteiger partial charge in [-0.25, -0.2) is 4.79 Å². The van der Waals surface area contributed by atoms with E-state index in [-0.39, 0.29) is 21.8 Å². The number of esters is 1. The smallest absolute Gasteiger partial charge is 0.341 e. The Bertz CT molecular complexity index is 911. The third-order valence-corrected chi connectivity index (χ3v) is 4.91. The second-order valence-electron chi connectivity index (χ2n) is 7.20. The summed E-state index contributed by atoms with van der Waals surface area (Å²) in [6.45, 7) is 7.62. The predicted octanol–water partition coefficient (Wildman–Crippen LogP) is 5.63. The molecule has 0 spiro atoms. The molecule has 0 saturated carbocycles. The predicted molar refractivity (Wildman–Crippen MR) is 108 cm³/mol. The molecule has 2 aromatic rings. The summed E-state index contributed by atoms with van der Waals surface area (Å²) in [7, 11) is 2.79. The van der Waals surface area contributed by atoms with E-state index in [2.05, 4.69) is 0 Å². The zero-order valence-corrected chi connectivity index (χ0v) is 17.7. The largest absolute Gasteiger partial charge is 0.496 e. The average molecular weight is 409 g/mol. The van der Waals surface area contributed by atoms with Gasteiger partial charge in [0.15, 0.2) is 5.78 Å². The number of hydrogen-bond acceptors (Lipinski definition) is 4. The van der Waals surface area contributed by atoms with E-state index in [0.29, 0.717) is 27.5 Å². The number of ether oxygens (including phenoxy) is 2. The van der Waals surface area contributed by atoms with Crippen LogP contribution >= 0.6 is 23.2 Å². The van der Waals surface area contributed by atoms with Crippen molar-refractivity contribution in [3.8, 4) is 5.75 Å². The van der Waals surface area contributed by atoms with Gasteiger partial charge in [-0.2, -0.15) is 0 Å². The molecule has 0 N–H and O–H groups in total. The first-order valence-corrected chi connectivity index (χ1v) is 9.08. The fourth-order valence-electron chi connectivity index (χ4n) is 2.93. The molecule has 0 atom stereocenters. The summed E-state index contributed by atoms with van der Waals surface area (Å²) in [6, 6.07) is 6.45. The Morgan fingerprint density at radius 2 is 1.63 bits per heavy atom. The van der Waals surface area contributed by atoms with Crippen LogP contribution in [0, 0.1) is 6.92 Å². The molecule has 0 aliphatic carbocycles. The summed E-state index contributed by atoms with van der Waals surface area (Å²) in [5.41, 5.74) is 1.74. The molecule has 2 rings (SSSR count). The van der Waals surface area contributed by atoms with Crippen LogP contribution in [0.2, 0.25) is 10.0 Å². The molecule has 4 nitrogen and oxygen atoms in total. The monoisotopic (exact) mass is 408 g/mol. The van der Waals surface area contributed by atoms with Crippen LogP contribution in [0.5, 0.6) is 5.75 Å². The lowest BCUT2D eigenvalue weighted by Gasteiger charge is -2.26. The van der Waals surface area contributed by atoms with Crippen LogP contribution in [0.4, 0.5) is 0 Å². The Hall–Kier alpha value is -2.04. The van der Waals surface area contributed by atoms with Gasteiger partial charge in [0.2, 0.25) is 0 Å². The number of benzene rings is 2. The summed E-state index contributed by atoms with van der Waals surface area (Å²) in [5, 5.41) is 0.688. The number of rotatable bonds is 4. The van der Waals surface area contributed by atoms with Crippen LogP contribution in [-0.2, 0) is 10.2 Å². The van der Waals surface area contributed by atoms with Gasteiger partial charge in [-0.3, -0.25) is 4.79 Å². The van der Waals surface area contributed by atoms with Gasteiger partial charge in [0.25, 0.3) is 0 Å². The second kappa shape index (κ2) is 7.91. The molecule has 0 heterocycles. The van der Waals surface area contributed by atoms with Crippen LogP contribution in [0.1, 0.15) is 58.2 Å². The number of hydrogen-bond donors (Lipinski definition) is 0. The SMILES string of the molecule is COC(=O)c1c(C)c(C(=O)c2ccc(Cl)cc2Cl)cc(C(C)(C)C)c1OC. The molecule has 6 heteroatoms. The summed E-state index contributed by atoms with van der Waals surface area (Å²) < 4.78 is 10.5. The lowest BCUT2D eigenvalue weighted by atomic mass is 9.81. The fourth-order valence-corrected chi connectivity index (χ4v) is 3.42. The Kier molecular flexibility index (Phi) is 6.23. The van der Waals surface area contributed by atoms with Crippen LogP contribution < -0.4 is 4.74 Å². The first kappa shape index (κ1) is 21.3. The van der Waals surface area contributed by atoms with Crippen LogP contribution in [0.15, 0.2) is 24.3 Å². The zero-order chi connectivity index (χ0) is 20.5. The molecule has 2 aromatic carbocycles. The molecule has 0 radical (unpaired) electrons. The van der Waals surface area contributed by atoms with E-state index in [4.69, 9.17) is 32.7 Å². The lowest BCUT2D eigenvalue weighted by molar-refractivity contribution is 0.0596. The van der Waals surface area contributed by atoms with Crippen molar-refractivity contribution in [2.24, 2.45) is 0 Å². The molecule has 144 valence electrons. The highest BCUT2D eigenvalue weighted by molar-refractivity contribution is 6.37. The van der Waals surface area contributed by atoms with Crippen molar-refractivity contribution >= 4 is 35.0 Å². The molecular weight excluding hydrogens is 387 g/mol. The number of methoxy groups -OCH3 is 2. The minimum absolute atomic E-state index is 0.237.